The van der Waals surface area contributed by atoms with Crippen LogP contribution in [0, 0.1) is 5.92 Å². The molecule has 0 heterocycles. The highest BCUT2D eigenvalue weighted by Crippen LogP contribution is 2.24. The molecule has 40 heavy (non-hydrogen) atoms. The molecule has 1 atom stereocenters. The minimum atomic E-state index is -0.423. The Hall–Kier alpha value is -3.40. The van der Waals surface area contributed by atoms with Crippen LogP contribution in [0.4, 0.5) is 0 Å². The molecule has 0 aliphatic heterocycles. The van der Waals surface area contributed by atoms with E-state index >= 15 is 0 Å². The predicted molar refractivity (Wildman–Crippen MR) is 164 cm³/mol. The number of unbranched alkanes of at least 4 members (excludes halogenated alkanes) is 8. The second-order valence-corrected chi connectivity index (χ2v) is 10.7. The van der Waals surface area contributed by atoms with Crippen molar-refractivity contribution in [1.29, 1.82) is 0 Å². The lowest BCUT2D eigenvalue weighted by atomic mass is 9.94. The van der Waals surface area contributed by atoms with E-state index in [4.69, 9.17) is 9.47 Å². The normalized spacial score (nSPS) is 11.7. The van der Waals surface area contributed by atoms with Gasteiger partial charge in [-0.2, -0.15) is 0 Å². The fourth-order valence-corrected chi connectivity index (χ4v) is 4.76. The molecule has 0 bridgehead atoms. The number of ketones is 1. The van der Waals surface area contributed by atoms with Gasteiger partial charge in [-0.05, 0) is 72.5 Å². The Balaban J connectivity index is 1.46. The van der Waals surface area contributed by atoms with Gasteiger partial charge in [0.05, 0.1) is 12.2 Å². The Bertz CT molecular complexity index is 1150. The Labute approximate surface area is 241 Å². The Morgan fingerprint density at radius 3 is 1.73 bits per heavy atom. The summed E-state index contributed by atoms with van der Waals surface area (Å²) in [6.45, 7) is 7.16. The molecule has 0 saturated heterocycles. The van der Waals surface area contributed by atoms with Gasteiger partial charge in [0.1, 0.15) is 11.5 Å². The van der Waals surface area contributed by atoms with Crippen molar-refractivity contribution in [3.63, 3.8) is 0 Å². The summed E-state index contributed by atoms with van der Waals surface area (Å²) in [7, 11) is 0. The summed E-state index contributed by atoms with van der Waals surface area (Å²) in [4.78, 5) is 25.4. The van der Waals surface area contributed by atoms with E-state index in [0.29, 0.717) is 16.9 Å². The summed E-state index contributed by atoms with van der Waals surface area (Å²) in [6.07, 6.45) is 13.1. The SMILES string of the molecule is CCCCCCCCOc1ccc(-c2ccc(C(=O)Oc3ccc(C(=O)C(C)CCCCCC)cc3)cc2)cc1. The van der Waals surface area contributed by atoms with Crippen molar-refractivity contribution in [2.45, 2.75) is 91.4 Å². The molecule has 0 saturated carbocycles. The molecule has 3 aromatic rings. The number of rotatable bonds is 18. The molecule has 0 aliphatic rings. The fourth-order valence-electron chi connectivity index (χ4n) is 4.76. The Kier molecular flexibility index (Phi) is 13.5. The first kappa shape index (κ1) is 31.1. The van der Waals surface area contributed by atoms with Gasteiger partial charge >= 0.3 is 5.97 Å². The van der Waals surface area contributed by atoms with Crippen molar-refractivity contribution in [1.82, 2.24) is 0 Å². The fraction of sp³-hybridized carbons (Fsp3) is 0.444. The lowest BCUT2D eigenvalue weighted by Gasteiger charge is -2.11. The number of carbonyl (C=O) groups is 2. The number of carbonyl (C=O) groups excluding carboxylic acids is 2. The van der Waals surface area contributed by atoms with Gasteiger partial charge in [0.25, 0.3) is 0 Å². The van der Waals surface area contributed by atoms with Crippen LogP contribution in [0.15, 0.2) is 72.8 Å². The first-order valence-electron chi connectivity index (χ1n) is 15.2. The number of Topliss-reactive ketones (excluding diaryl/α,β-unsaturated/α-hetero) is 1. The van der Waals surface area contributed by atoms with Crippen molar-refractivity contribution in [3.8, 4) is 22.6 Å². The summed E-state index contributed by atoms with van der Waals surface area (Å²) in [5.41, 5.74) is 3.21. The molecule has 1 unspecified atom stereocenters. The summed E-state index contributed by atoms with van der Waals surface area (Å²) in [5, 5.41) is 0. The van der Waals surface area contributed by atoms with Gasteiger partial charge in [0, 0.05) is 11.5 Å². The minimum Gasteiger partial charge on any atom is -0.494 e. The quantitative estimate of drug-likeness (QED) is 0.0694. The van der Waals surface area contributed by atoms with Crippen LogP contribution in [-0.2, 0) is 0 Å². The highest BCUT2D eigenvalue weighted by Gasteiger charge is 2.16. The van der Waals surface area contributed by atoms with Crippen LogP contribution in [0.3, 0.4) is 0 Å². The molecule has 0 aliphatic carbocycles. The molecule has 3 rings (SSSR count). The monoisotopic (exact) mass is 542 g/mol. The lowest BCUT2D eigenvalue weighted by Crippen LogP contribution is -2.12. The van der Waals surface area contributed by atoms with Crippen molar-refractivity contribution in [2.75, 3.05) is 6.61 Å². The molecule has 0 spiro atoms. The zero-order valence-electron chi connectivity index (χ0n) is 24.6. The molecule has 4 nitrogen and oxygen atoms in total. The number of hydrogen-bond acceptors (Lipinski definition) is 4. The first-order chi connectivity index (χ1) is 19.5. The minimum absolute atomic E-state index is 0.00222. The standard InChI is InChI=1S/C36H46O4/c1-4-6-8-10-11-13-27-39-33-23-19-30(20-24-33)29-15-17-32(18-16-29)36(38)40-34-25-21-31(22-26-34)35(37)28(3)14-12-9-7-5-2/h15-26,28H,4-14,27H2,1-3H3. The number of esters is 1. The molecular weight excluding hydrogens is 496 g/mol. The van der Waals surface area contributed by atoms with Crippen LogP contribution in [0.2, 0.25) is 0 Å². The van der Waals surface area contributed by atoms with Crippen LogP contribution in [0.5, 0.6) is 11.5 Å². The molecule has 0 aromatic heterocycles. The third kappa shape index (κ3) is 10.3. The predicted octanol–water partition coefficient (Wildman–Crippen LogP) is 10.1. The number of benzene rings is 3. The van der Waals surface area contributed by atoms with E-state index < -0.39 is 5.97 Å². The van der Waals surface area contributed by atoms with Crippen molar-refractivity contribution < 1.29 is 19.1 Å². The highest BCUT2D eigenvalue weighted by atomic mass is 16.5. The van der Waals surface area contributed by atoms with Crippen molar-refractivity contribution in [3.05, 3.63) is 83.9 Å². The average molecular weight is 543 g/mol. The molecular formula is C36H46O4. The smallest absolute Gasteiger partial charge is 0.343 e. The zero-order chi connectivity index (χ0) is 28.6. The molecule has 0 radical (unpaired) electrons. The van der Waals surface area contributed by atoms with Crippen LogP contribution in [-0.4, -0.2) is 18.4 Å². The van der Waals surface area contributed by atoms with Gasteiger partial charge in [-0.25, -0.2) is 4.79 Å². The van der Waals surface area contributed by atoms with Gasteiger partial charge in [-0.3, -0.25) is 4.79 Å². The van der Waals surface area contributed by atoms with E-state index in [1.807, 2.05) is 43.3 Å². The Morgan fingerprint density at radius 1 is 0.600 bits per heavy atom. The second-order valence-electron chi connectivity index (χ2n) is 10.7. The van der Waals surface area contributed by atoms with E-state index in [-0.39, 0.29) is 11.7 Å². The molecule has 214 valence electrons. The van der Waals surface area contributed by atoms with Gasteiger partial charge in [-0.1, -0.05) is 103 Å². The van der Waals surface area contributed by atoms with Gasteiger partial charge < -0.3 is 9.47 Å². The number of ether oxygens (including phenoxy) is 2. The number of hydrogen-bond donors (Lipinski definition) is 0. The van der Waals surface area contributed by atoms with Crippen LogP contribution in [0.1, 0.15) is 112 Å². The van der Waals surface area contributed by atoms with E-state index in [1.54, 1.807) is 36.4 Å². The first-order valence-corrected chi connectivity index (χ1v) is 15.2. The van der Waals surface area contributed by atoms with Gasteiger partial charge in [0.15, 0.2) is 5.78 Å². The third-order valence-corrected chi connectivity index (χ3v) is 7.36. The van der Waals surface area contributed by atoms with E-state index in [2.05, 4.69) is 13.8 Å². The van der Waals surface area contributed by atoms with Crippen molar-refractivity contribution >= 4 is 11.8 Å². The van der Waals surface area contributed by atoms with Crippen LogP contribution < -0.4 is 9.47 Å². The maximum atomic E-state index is 12.7. The highest BCUT2D eigenvalue weighted by molar-refractivity contribution is 5.98. The Morgan fingerprint density at radius 2 is 1.10 bits per heavy atom. The van der Waals surface area contributed by atoms with Crippen LogP contribution >= 0.6 is 0 Å². The second kappa shape index (κ2) is 17.3. The summed E-state index contributed by atoms with van der Waals surface area (Å²) in [5.74, 6) is 1.03. The van der Waals surface area contributed by atoms with Crippen molar-refractivity contribution in [2.24, 2.45) is 5.92 Å². The summed E-state index contributed by atoms with van der Waals surface area (Å²) >= 11 is 0. The average Bonchev–Trinajstić information content (AvgIpc) is 2.99. The van der Waals surface area contributed by atoms with Gasteiger partial charge in [-0.15, -0.1) is 0 Å². The summed E-state index contributed by atoms with van der Waals surface area (Å²) in [6, 6.07) is 22.4. The largest absolute Gasteiger partial charge is 0.494 e. The maximum absolute atomic E-state index is 12.7. The molecule has 3 aromatic carbocycles. The molecule has 0 fully saturated rings. The lowest BCUT2D eigenvalue weighted by molar-refractivity contribution is 0.0734. The molecule has 0 N–H and O–H groups in total. The van der Waals surface area contributed by atoms with Crippen LogP contribution in [0.25, 0.3) is 11.1 Å². The van der Waals surface area contributed by atoms with E-state index in [0.717, 1.165) is 42.7 Å². The van der Waals surface area contributed by atoms with E-state index in [1.165, 1.54) is 51.4 Å². The maximum Gasteiger partial charge on any atom is 0.343 e. The molecule has 4 heteroatoms. The molecule has 0 amide bonds. The van der Waals surface area contributed by atoms with Gasteiger partial charge in [0.2, 0.25) is 0 Å². The zero-order valence-corrected chi connectivity index (χ0v) is 24.6. The topological polar surface area (TPSA) is 52.6 Å². The third-order valence-electron chi connectivity index (χ3n) is 7.36. The van der Waals surface area contributed by atoms with E-state index in [9.17, 15) is 9.59 Å². The summed E-state index contributed by atoms with van der Waals surface area (Å²) < 4.78 is 11.4.